The summed E-state index contributed by atoms with van der Waals surface area (Å²) < 4.78 is 10.9. The topological polar surface area (TPSA) is 51.5 Å². The van der Waals surface area contributed by atoms with Crippen LogP contribution in [-0.4, -0.2) is 19.1 Å². The Balaban J connectivity index is 1.96. The number of amides is 1. The molecule has 0 unspecified atom stereocenters. The Bertz CT molecular complexity index is 584. The second-order valence-corrected chi connectivity index (χ2v) is 5.22. The summed E-state index contributed by atoms with van der Waals surface area (Å²) in [6.07, 6.45) is 1.04. The highest BCUT2D eigenvalue weighted by molar-refractivity contribution is 5.76. The first-order valence-electron chi connectivity index (χ1n) is 7.11. The van der Waals surface area contributed by atoms with Crippen LogP contribution in [0.1, 0.15) is 26.0 Å². The van der Waals surface area contributed by atoms with Crippen LogP contribution >= 0.6 is 0 Å². The van der Waals surface area contributed by atoms with Crippen LogP contribution in [-0.2, 0) is 11.2 Å². The molecule has 0 saturated carbocycles. The zero-order valence-corrected chi connectivity index (χ0v) is 12.7. The molecule has 2 rings (SSSR count). The van der Waals surface area contributed by atoms with Gasteiger partial charge in [0.1, 0.15) is 17.3 Å². The molecule has 0 aliphatic rings. The molecule has 0 fully saturated rings. The van der Waals surface area contributed by atoms with Crippen LogP contribution in [0, 0.1) is 0 Å². The molecule has 4 heteroatoms. The minimum absolute atomic E-state index is 0.0485. The third-order valence-corrected chi connectivity index (χ3v) is 3.08. The second-order valence-electron chi connectivity index (χ2n) is 5.22. The number of carbonyl (C=O) groups excluding carboxylic acids is 1. The lowest BCUT2D eigenvalue weighted by Gasteiger charge is -2.07. The van der Waals surface area contributed by atoms with Crippen molar-refractivity contribution in [2.75, 3.05) is 7.11 Å². The molecule has 1 amide bonds. The van der Waals surface area contributed by atoms with Gasteiger partial charge in [0.15, 0.2) is 0 Å². The van der Waals surface area contributed by atoms with E-state index in [9.17, 15) is 4.79 Å². The number of furan rings is 1. The summed E-state index contributed by atoms with van der Waals surface area (Å²) in [5.74, 6) is 2.49. The molecule has 112 valence electrons. The van der Waals surface area contributed by atoms with Gasteiger partial charge in [0, 0.05) is 24.4 Å². The quantitative estimate of drug-likeness (QED) is 0.885. The van der Waals surface area contributed by atoms with Crippen LogP contribution in [0.25, 0.3) is 11.3 Å². The number of carbonyl (C=O) groups is 1. The van der Waals surface area contributed by atoms with Gasteiger partial charge >= 0.3 is 0 Å². The van der Waals surface area contributed by atoms with Crippen molar-refractivity contribution in [3.05, 3.63) is 42.2 Å². The number of ether oxygens (including phenoxy) is 1. The number of rotatable bonds is 6. The fourth-order valence-corrected chi connectivity index (χ4v) is 2.05. The van der Waals surface area contributed by atoms with E-state index in [1.54, 1.807) is 7.11 Å². The SMILES string of the molecule is COc1ccc(-c2ccc(CCC(=O)NC(C)C)o2)cc1. The lowest BCUT2D eigenvalue weighted by atomic mass is 10.2. The van der Waals surface area contributed by atoms with Crippen LogP contribution in [0.5, 0.6) is 5.75 Å². The maximum Gasteiger partial charge on any atom is 0.220 e. The highest BCUT2D eigenvalue weighted by Gasteiger charge is 2.08. The van der Waals surface area contributed by atoms with Gasteiger partial charge in [-0.2, -0.15) is 0 Å². The maximum absolute atomic E-state index is 11.6. The van der Waals surface area contributed by atoms with Crippen LogP contribution < -0.4 is 10.1 Å². The zero-order valence-electron chi connectivity index (χ0n) is 12.7. The molecule has 21 heavy (non-hydrogen) atoms. The number of benzene rings is 1. The Hall–Kier alpha value is -2.23. The first-order chi connectivity index (χ1) is 10.1. The van der Waals surface area contributed by atoms with Gasteiger partial charge in [-0.15, -0.1) is 0 Å². The molecule has 2 aromatic rings. The molecule has 1 aromatic heterocycles. The normalized spacial score (nSPS) is 10.7. The molecule has 0 bridgehead atoms. The molecule has 0 spiro atoms. The zero-order chi connectivity index (χ0) is 15.2. The summed E-state index contributed by atoms with van der Waals surface area (Å²) in [6.45, 7) is 3.90. The van der Waals surface area contributed by atoms with Crippen LogP contribution in [0.2, 0.25) is 0 Å². The Morgan fingerprint density at radius 3 is 2.52 bits per heavy atom. The molecule has 0 aliphatic heterocycles. The van der Waals surface area contributed by atoms with Gasteiger partial charge in [-0.3, -0.25) is 4.79 Å². The van der Waals surface area contributed by atoms with E-state index in [0.29, 0.717) is 12.8 Å². The third-order valence-electron chi connectivity index (χ3n) is 3.08. The average molecular weight is 287 g/mol. The van der Waals surface area contributed by atoms with Crippen molar-refractivity contribution in [2.45, 2.75) is 32.7 Å². The summed E-state index contributed by atoms with van der Waals surface area (Å²) in [6, 6.07) is 11.7. The van der Waals surface area contributed by atoms with Crippen molar-refractivity contribution in [2.24, 2.45) is 0 Å². The van der Waals surface area contributed by atoms with Crippen LogP contribution in [0.15, 0.2) is 40.8 Å². The van der Waals surface area contributed by atoms with Gasteiger partial charge in [-0.25, -0.2) is 0 Å². The summed E-state index contributed by atoms with van der Waals surface area (Å²) in [5, 5.41) is 2.87. The van der Waals surface area contributed by atoms with E-state index < -0.39 is 0 Å². The lowest BCUT2D eigenvalue weighted by molar-refractivity contribution is -0.121. The van der Waals surface area contributed by atoms with Crippen molar-refractivity contribution < 1.29 is 13.9 Å². The van der Waals surface area contributed by atoms with Crippen LogP contribution in [0.4, 0.5) is 0 Å². The number of hydrogen-bond donors (Lipinski definition) is 1. The first kappa shape index (κ1) is 15.2. The van der Waals surface area contributed by atoms with Crippen molar-refractivity contribution in [3.63, 3.8) is 0 Å². The van der Waals surface area contributed by atoms with Crippen LogP contribution in [0.3, 0.4) is 0 Å². The summed E-state index contributed by atoms with van der Waals surface area (Å²) in [4.78, 5) is 11.6. The standard InChI is InChI=1S/C17H21NO3/c1-12(2)18-17(19)11-9-15-8-10-16(21-15)13-4-6-14(20-3)7-5-13/h4-8,10,12H,9,11H2,1-3H3,(H,18,19). The van der Waals surface area contributed by atoms with E-state index in [1.165, 1.54) is 0 Å². The van der Waals surface area contributed by atoms with Gasteiger partial charge in [0.05, 0.1) is 7.11 Å². The molecule has 0 radical (unpaired) electrons. The molecule has 1 aromatic carbocycles. The van der Waals surface area contributed by atoms with Crippen molar-refractivity contribution in [1.82, 2.24) is 5.32 Å². The van der Waals surface area contributed by atoms with E-state index in [4.69, 9.17) is 9.15 Å². The summed E-state index contributed by atoms with van der Waals surface area (Å²) >= 11 is 0. The van der Waals surface area contributed by atoms with E-state index in [1.807, 2.05) is 50.2 Å². The minimum atomic E-state index is 0.0485. The highest BCUT2D eigenvalue weighted by atomic mass is 16.5. The molecular formula is C17H21NO3. The van der Waals surface area contributed by atoms with E-state index in [0.717, 1.165) is 22.8 Å². The summed E-state index contributed by atoms with van der Waals surface area (Å²) in [7, 11) is 1.64. The number of methoxy groups -OCH3 is 1. The smallest absolute Gasteiger partial charge is 0.220 e. The minimum Gasteiger partial charge on any atom is -0.497 e. The Labute approximate surface area is 125 Å². The van der Waals surface area contributed by atoms with E-state index in [-0.39, 0.29) is 11.9 Å². The van der Waals surface area contributed by atoms with Crippen molar-refractivity contribution in [3.8, 4) is 17.1 Å². The monoisotopic (exact) mass is 287 g/mol. The first-order valence-corrected chi connectivity index (χ1v) is 7.11. The third kappa shape index (κ3) is 4.38. The molecule has 0 atom stereocenters. The predicted molar refractivity (Wildman–Crippen MR) is 82.3 cm³/mol. The van der Waals surface area contributed by atoms with E-state index >= 15 is 0 Å². The maximum atomic E-state index is 11.6. The molecular weight excluding hydrogens is 266 g/mol. The summed E-state index contributed by atoms with van der Waals surface area (Å²) in [5.41, 5.74) is 0.994. The highest BCUT2D eigenvalue weighted by Crippen LogP contribution is 2.24. The molecule has 0 saturated heterocycles. The number of hydrogen-bond acceptors (Lipinski definition) is 3. The molecule has 1 heterocycles. The fraction of sp³-hybridized carbons (Fsp3) is 0.353. The number of aryl methyl sites for hydroxylation is 1. The molecule has 1 N–H and O–H groups in total. The lowest BCUT2D eigenvalue weighted by Crippen LogP contribution is -2.30. The fourth-order valence-electron chi connectivity index (χ4n) is 2.05. The largest absolute Gasteiger partial charge is 0.497 e. The molecule has 0 aliphatic carbocycles. The average Bonchev–Trinajstić information content (AvgIpc) is 2.93. The van der Waals surface area contributed by atoms with Gasteiger partial charge in [0.2, 0.25) is 5.91 Å². The number of nitrogens with one attached hydrogen (secondary N) is 1. The molecule has 4 nitrogen and oxygen atoms in total. The Morgan fingerprint density at radius 1 is 1.19 bits per heavy atom. The second kappa shape index (κ2) is 6.97. The predicted octanol–water partition coefficient (Wildman–Crippen LogP) is 3.41. The van der Waals surface area contributed by atoms with Gasteiger partial charge < -0.3 is 14.5 Å². The van der Waals surface area contributed by atoms with Crippen molar-refractivity contribution >= 4 is 5.91 Å². The Kier molecular flexibility index (Phi) is 5.04. The van der Waals surface area contributed by atoms with E-state index in [2.05, 4.69) is 5.32 Å². The Morgan fingerprint density at radius 2 is 1.90 bits per heavy atom. The van der Waals surface area contributed by atoms with Gasteiger partial charge in [-0.05, 0) is 50.2 Å². The van der Waals surface area contributed by atoms with Gasteiger partial charge in [-0.1, -0.05) is 0 Å². The van der Waals surface area contributed by atoms with Crippen molar-refractivity contribution in [1.29, 1.82) is 0 Å². The van der Waals surface area contributed by atoms with Gasteiger partial charge in [0.25, 0.3) is 0 Å².